The number of aryl methyl sites for hydroxylation is 1. The van der Waals surface area contributed by atoms with Gasteiger partial charge in [-0.15, -0.1) is 0 Å². The van der Waals surface area contributed by atoms with Crippen molar-refractivity contribution >= 4 is 27.5 Å². The van der Waals surface area contributed by atoms with E-state index in [1.165, 1.54) is 17.0 Å². The second kappa shape index (κ2) is 11.0. The van der Waals surface area contributed by atoms with Crippen LogP contribution in [0.5, 0.6) is 0 Å². The van der Waals surface area contributed by atoms with Crippen molar-refractivity contribution < 1.29 is 22.4 Å². The molecule has 2 aromatic rings. The highest BCUT2D eigenvalue weighted by molar-refractivity contribution is 7.92. The number of nitrogens with zero attached hydrogens (tertiary/aromatic N) is 2. The summed E-state index contributed by atoms with van der Waals surface area (Å²) in [5.41, 5.74) is 2.02. The summed E-state index contributed by atoms with van der Waals surface area (Å²) >= 11 is 0. The first-order valence-corrected chi connectivity index (χ1v) is 13.3. The van der Waals surface area contributed by atoms with Crippen LogP contribution in [0.3, 0.4) is 0 Å². The van der Waals surface area contributed by atoms with Crippen molar-refractivity contribution in [3.63, 3.8) is 0 Å². The fourth-order valence-corrected chi connectivity index (χ4v) is 5.05. The minimum Gasteiger partial charge on any atom is -0.352 e. The van der Waals surface area contributed by atoms with Crippen LogP contribution >= 0.6 is 0 Å². The Morgan fingerprint density at radius 2 is 1.76 bits per heavy atom. The van der Waals surface area contributed by atoms with Gasteiger partial charge in [-0.3, -0.25) is 13.9 Å². The van der Waals surface area contributed by atoms with Crippen molar-refractivity contribution in [3.05, 3.63) is 65.5 Å². The number of hydrogen-bond donors (Lipinski definition) is 1. The van der Waals surface area contributed by atoms with Gasteiger partial charge in [-0.1, -0.05) is 42.7 Å². The van der Waals surface area contributed by atoms with Crippen LogP contribution in [0.2, 0.25) is 0 Å². The number of nitrogens with one attached hydrogen (secondary N) is 1. The molecular formula is C25H32FN3O4S. The maximum absolute atomic E-state index is 13.5. The average molecular weight is 490 g/mol. The summed E-state index contributed by atoms with van der Waals surface area (Å²) in [7, 11) is -3.84. The third-order valence-corrected chi connectivity index (χ3v) is 7.24. The summed E-state index contributed by atoms with van der Waals surface area (Å²) in [6, 6.07) is 11.8. The van der Waals surface area contributed by atoms with Gasteiger partial charge in [-0.25, -0.2) is 12.8 Å². The number of carbonyl (C=O) groups is 2. The lowest BCUT2D eigenvalue weighted by molar-refractivity contribution is -0.139. The van der Waals surface area contributed by atoms with E-state index in [4.69, 9.17) is 0 Å². The maximum atomic E-state index is 13.5. The number of anilines is 1. The zero-order valence-electron chi connectivity index (χ0n) is 19.8. The monoisotopic (exact) mass is 489 g/mol. The van der Waals surface area contributed by atoms with Gasteiger partial charge < -0.3 is 10.2 Å². The number of hydrogen-bond acceptors (Lipinski definition) is 4. The summed E-state index contributed by atoms with van der Waals surface area (Å²) in [4.78, 5) is 27.9. The predicted octanol–water partition coefficient (Wildman–Crippen LogP) is 3.38. The van der Waals surface area contributed by atoms with Crippen molar-refractivity contribution in [2.24, 2.45) is 0 Å². The molecule has 0 spiro atoms. The van der Waals surface area contributed by atoms with Crippen molar-refractivity contribution in [2.45, 2.75) is 58.2 Å². The number of carbonyl (C=O) groups excluding carboxylic acids is 2. The molecule has 1 atom stereocenters. The molecule has 1 aliphatic rings. The van der Waals surface area contributed by atoms with Gasteiger partial charge in [0, 0.05) is 12.6 Å². The summed E-state index contributed by atoms with van der Waals surface area (Å²) in [5.74, 6) is -1.30. The second-order valence-corrected chi connectivity index (χ2v) is 10.8. The van der Waals surface area contributed by atoms with Crippen LogP contribution in [0.25, 0.3) is 0 Å². The number of amides is 2. The molecule has 1 N–H and O–H groups in total. The molecule has 0 aliphatic heterocycles. The number of benzene rings is 2. The van der Waals surface area contributed by atoms with Crippen molar-refractivity contribution in [1.29, 1.82) is 0 Å². The molecule has 2 aromatic carbocycles. The predicted molar refractivity (Wildman–Crippen MR) is 130 cm³/mol. The molecule has 184 valence electrons. The second-order valence-electron chi connectivity index (χ2n) is 8.92. The van der Waals surface area contributed by atoms with Crippen molar-refractivity contribution in [3.8, 4) is 0 Å². The van der Waals surface area contributed by atoms with Crippen molar-refractivity contribution in [2.75, 3.05) is 17.1 Å². The van der Waals surface area contributed by atoms with E-state index in [-0.39, 0.29) is 24.2 Å². The Bertz CT molecular complexity index is 1120. The maximum Gasteiger partial charge on any atom is 0.244 e. The fourth-order valence-electron chi connectivity index (χ4n) is 4.20. The highest BCUT2D eigenvalue weighted by Gasteiger charge is 2.31. The highest BCUT2D eigenvalue weighted by atomic mass is 32.2. The molecule has 1 saturated carbocycles. The smallest absolute Gasteiger partial charge is 0.244 e. The van der Waals surface area contributed by atoms with Gasteiger partial charge in [0.15, 0.2) is 0 Å². The fraction of sp³-hybridized carbons (Fsp3) is 0.440. The molecule has 0 saturated heterocycles. The van der Waals surface area contributed by atoms with E-state index in [1.807, 2.05) is 31.2 Å². The topological polar surface area (TPSA) is 86.8 Å². The summed E-state index contributed by atoms with van der Waals surface area (Å²) < 4.78 is 39.3. The van der Waals surface area contributed by atoms with Gasteiger partial charge in [-0.2, -0.15) is 0 Å². The number of sulfonamides is 1. The zero-order valence-corrected chi connectivity index (χ0v) is 20.6. The van der Waals surface area contributed by atoms with Crippen LogP contribution < -0.4 is 9.62 Å². The largest absolute Gasteiger partial charge is 0.352 e. The molecule has 1 fully saturated rings. The molecule has 0 bridgehead atoms. The summed E-state index contributed by atoms with van der Waals surface area (Å²) in [6.07, 6.45) is 4.94. The van der Waals surface area contributed by atoms with E-state index in [9.17, 15) is 22.4 Å². The van der Waals surface area contributed by atoms with Gasteiger partial charge in [0.05, 0.1) is 11.9 Å². The third kappa shape index (κ3) is 6.79. The van der Waals surface area contributed by atoms with E-state index in [0.717, 1.165) is 59.5 Å². The third-order valence-electron chi connectivity index (χ3n) is 6.10. The first-order valence-electron chi connectivity index (χ1n) is 11.4. The Hall–Kier alpha value is -2.94. The van der Waals surface area contributed by atoms with E-state index < -0.39 is 34.3 Å². The Morgan fingerprint density at radius 3 is 2.35 bits per heavy atom. The minimum atomic E-state index is -3.84. The highest BCUT2D eigenvalue weighted by Crippen LogP contribution is 2.21. The molecule has 2 amide bonds. The molecule has 1 aliphatic carbocycles. The Kier molecular flexibility index (Phi) is 8.30. The van der Waals surface area contributed by atoms with E-state index in [2.05, 4.69) is 5.32 Å². The SMILES string of the molecule is Cc1cccc(CN(C(=O)CN(c2ccc(F)cc2)S(C)(=O)=O)[C@H](C)C(=O)NC2CCCC2)c1. The van der Waals surface area contributed by atoms with E-state index >= 15 is 0 Å². The van der Waals surface area contributed by atoms with Crippen LogP contribution in [-0.4, -0.2) is 50.0 Å². The average Bonchev–Trinajstić information content (AvgIpc) is 3.28. The van der Waals surface area contributed by atoms with Crippen LogP contribution in [0.4, 0.5) is 10.1 Å². The Balaban J connectivity index is 1.87. The molecule has 34 heavy (non-hydrogen) atoms. The molecule has 0 radical (unpaired) electrons. The molecule has 9 heteroatoms. The van der Waals surface area contributed by atoms with Crippen molar-refractivity contribution in [1.82, 2.24) is 10.2 Å². The summed E-state index contributed by atoms with van der Waals surface area (Å²) in [5, 5.41) is 3.03. The van der Waals surface area contributed by atoms with Gasteiger partial charge in [0.2, 0.25) is 21.8 Å². The van der Waals surface area contributed by atoms with E-state index in [0.29, 0.717) is 0 Å². The molecule has 7 nitrogen and oxygen atoms in total. The summed E-state index contributed by atoms with van der Waals surface area (Å²) in [6.45, 7) is 3.24. The zero-order chi connectivity index (χ0) is 24.9. The Morgan fingerprint density at radius 1 is 1.12 bits per heavy atom. The molecule has 0 unspecified atom stereocenters. The van der Waals surface area contributed by atoms with Crippen LogP contribution in [0, 0.1) is 12.7 Å². The standard InChI is InChI=1S/C25H32FN3O4S/c1-18-7-6-8-20(15-18)16-28(19(2)25(31)27-22-9-4-5-10-22)24(30)17-29(34(3,32)33)23-13-11-21(26)12-14-23/h6-8,11-15,19,22H,4-5,9-10,16-17H2,1-3H3,(H,27,31)/t19-/m1/s1. The minimum absolute atomic E-state index is 0.0950. The lowest BCUT2D eigenvalue weighted by Gasteiger charge is -2.32. The molecule has 0 aromatic heterocycles. The van der Waals surface area contributed by atoms with Gasteiger partial charge in [0.1, 0.15) is 18.4 Å². The Labute approximate surface area is 201 Å². The van der Waals surface area contributed by atoms with Crippen LogP contribution in [0.1, 0.15) is 43.7 Å². The van der Waals surface area contributed by atoms with Gasteiger partial charge in [0.25, 0.3) is 0 Å². The molecule has 3 rings (SSSR count). The van der Waals surface area contributed by atoms with Crippen LogP contribution in [-0.2, 0) is 26.2 Å². The van der Waals surface area contributed by atoms with Crippen LogP contribution in [0.15, 0.2) is 48.5 Å². The van der Waals surface area contributed by atoms with Gasteiger partial charge in [-0.05, 0) is 56.5 Å². The number of rotatable bonds is 9. The first-order chi connectivity index (χ1) is 16.0. The quantitative estimate of drug-likeness (QED) is 0.585. The normalized spacial score (nSPS) is 15.1. The van der Waals surface area contributed by atoms with E-state index in [1.54, 1.807) is 6.92 Å². The lowest BCUT2D eigenvalue weighted by Crippen LogP contribution is -2.52. The molecular weight excluding hydrogens is 457 g/mol. The van der Waals surface area contributed by atoms with Gasteiger partial charge >= 0.3 is 0 Å². The molecule has 0 heterocycles. The number of halogens is 1. The lowest BCUT2D eigenvalue weighted by atomic mass is 10.1. The first kappa shape index (κ1) is 25.7.